The molecule has 0 atom stereocenters. The molecule has 1 aromatic carbocycles. The minimum atomic E-state index is -0.370. The fraction of sp³-hybridized carbons (Fsp3) is 0.235. The second kappa shape index (κ2) is 6.08. The third-order valence-corrected chi connectivity index (χ3v) is 3.63. The second-order valence-electron chi connectivity index (χ2n) is 5.51. The van der Waals surface area contributed by atoms with Crippen LogP contribution >= 0.6 is 0 Å². The van der Waals surface area contributed by atoms with Gasteiger partial charge in [-0.1, -0.05) is 18.2 Å². The van der Waals surface area contributed by atoms with Crippen molar-refractivity contribution in [2.24, 2.45) is 0 Å². The second-order valence-corrected chi connectivity index (χ2v) is 5.51. The molecule has 1 aromatic heterocycles. The van der Waals surface area contributed by atoms with Gasteiger partial charge in [0.05, 0.1) is 13.1 Å². The number of nitrogens with one attached hydrogen (secondary N) is 1. The summed E-state index contributed by atoms with van der Waals surface area (Å²) < 4.78 is 5.79. The van der Waals surface area contributed by atoms with Crippen molar-refractivity contribution >= 4 is 11.9 Å². The summed E-state index contributed by atoms with van der Waals surface area (Å²) in [6.45, 7) is 4.24. The molecule has 6 nitrogen and oxygen atoms in total. The van der Waals surface area contributed by atoms with E-state index < -0.39 is 0 Å². The van der Waals surface area contributed by atoms with Crippen molar-refractivity contribution in [3.8, 4) is 11.6 Å². The summed E-state index contributed by atoms with van der Waals surface area (Å²) >= 11 is 0. The summed E-state index contributed by atoms with van der Waals surface area (Å²) in [5.74, 6) is 1.00. The van der Waals surface area contributed by atoms with Crippen molar-refractivity contribution in [2.75, 3.05) is 6.54 Å². The monoisotopic (exact) mass is 311 g/mol. The average molecular weight is 311 g/mol. The van der Waals surface area contributed by atoms with Crippen molar-refractivity contribution in [1.29, 1.82) is 0 Å². The summed E-state index contributed by atoms with van der Waals surface area (Å²) in [4.78, 5) is 28.5. The zero-order valence-electron chi connectivity index (χ0n) is 13.0. The molecule has 2 heterocycles. The molecule has 1 N–H and O–H groups in total. The molecule has 3 amide bonds. The molecular formula is C17H17N3O3. The summed E-state index contributed by atoms with van der Waals surface area (Å²) in [7, 11) is 0. The lowest BCUT2D eigenvalue weighted by Crippen LogP contribution is -2.30. The van der Waals surface area contributed by atoms with E-state index in [1.54, 1.807) is 18.3 Å². The van der Waals surface area contributed by atoms with Gasteiger partial charge >= 0.3 is 6.03 Å². The Morgan fingerprint density at radius 1 is 1.22 bits per heavy atom. The Morgan fingerprint density at radius 2 is 2.04 bits per heavy atom. The summed E-state index contributed by atoms with van der Waals surface area (Å²) in [5.41, 5.74) is 2.91. The molecule has 3 rings (SSSR count). The van der Waals surface area contributed by atoms with E-state index in [0.29, 0.717) is 5.88 Å². The van der Waals surface area contributed by atoms with E-state index in [9.17, 15) is 9.59 Å². The van der Waals surface area contributed by atoms with Crippen LogP contribution in [0.15, 0.2) is 36.5 Å². The maximum absolute atomic E-state index is 11.6. The number of amides is 3. The fourth-order valence-electron chi connectivity index (χ4n) is 2.29. The Hall–Kier alpha value is -2.89. The summed E-state index contributed by atoms with van der Waals surface area (Å²) in [6, 6.07) is 9.14. The number of hydrogen-bond acceptors (Lipinski definition) is 4. The highest BCUT2D eigenvalue weighted by atomic mass is 16.5. The first-order valence-corrected chi connectivity index (χ1v) is 7.31. The maximum atomic E-state index is 11.6. The number of nitrogens with zero attached hydrogens (tertiary/aromatic N) is 2. The lowest BCUT2D eigenvalue weighted by Gasteiger charge is -2.13. The number of carbonyl (C=O) groups excluding carboxylic acids is 2. The Balaban J connectivity index is 1.71. The van der Waals surface area contributed by atoms with E-state index >= 15 is 0 Å². The van der Waals surface area contributed by atoms with Gasteiger partial charge in [-0.25, -0.2) is 9.78 Å². The van der Waals surface area contributed by atoms with Gasteiger partial charge in [-0.2, -0.15) is 0 Å². The number of aryl methyl sites for hydroxylation is 2. The SMILES string of the molecule is Cc1ccc(C)c(Oc2ccc(CN3C(=O)CNC3=O)cn2)c1. The van der Waals surface area contributed by atoms with Gasteiger partial charge in [0.15, 0.2) is 0 Å². The van der Waals surface area contributed by atoms with Gasteiger partial charge in [0.1, 0.15) is 5.75 Å². The minimum Gasteiger partial charge on any atom is -0.439 e. The molecule has 1 aliphatic heterocycles. The normalized spacial score (nSPS) is 14.1. The number of urea groups is 1. The van der Waals surface area contributed by atoms with Crippen LogP contribution in [-0.4, -0.2) is 28.4 Å². The summed E-state index contributed by atoms with van der Waals surface area (Å²) in [6.07, 6.45) is 1.61. The van der Waals surface area contributed by atoms with Crippen molar-refractivity contribution < 1.29 is 14.3 Å². The number of pyridine rings is 1. The number of ether oxygens (including phenoxy) is 1. The first-order valence-electron chi connectivity index (χ1n) is 7.31. The van der Waals surface area contributed by atoms with Gasteiger partial charge in [-0.15, -0.1) is 0 Å². The molecule has 0 bridgehead atoms. The van der Waals surface area contributed by atoms with Gasteiger partial charge in [0, 0.05) is 12.3 Å². The third kappa shape index (κ3) is 3.31. The molecule has 6 heteroatoms. The molecule has 0 radical (unpaired) electrons. The van der Waals surface area contributed by atoms with Crippen LogP contribution in [0, 0.1) is 13.8 Å². The van der Waals surface area contributed by atoms with Crippen molar-refractivity contribution in [1.82, 2.24) is 15.2 Å². The van der Waals surface area contributed by atoms with Gasteiger partial charge in [-0.05, 0) is 36.6 Å². The molecule has 0 saturated carbocycles. The molecule has 118 valence electrons. The molecule has 1 fully saturated rings. The highest BCUT2D eigenvalue weighted by Gasteiger charge is 2.28. The Bertz CT molecular complexity index is 740. The number of rotatable bonds is 4. The number of imide groups is 1. The predicted octanol–water partition coefficient (Wildman–Crippen LogP) is 2.54. The molecule has 0 spiro atoms. The lowest BCUT2D eigenvalue weighted by molar-refractivity contribution is -0.125. The molecular weight excluding hydrogens is 294 g/mol. The average Bonchev–Trinajstić information content (AvgIpc) is 2.85. The quantitative estimate of drug-likeness (QED) is 0.881. The molecule has 2 aromatic rings. The van der Waals surface area contributed by atoms with Crippen molar-refractivity contribution in [3.63, 3.8) is 0 Å². The van der Waals surface area contributed by atoms with Crippen LogP contribution in [0.1, 0.15) is 16.7 Å². The van der Waals surface area contributed by atoms with Crippen molar-refractivity contribution in [2.45, 2.75) is 20.4 Å². The topological polar surface area (TPSA) is 71.5 Å². The van der Waals surface area contributed by atoms with Gasteiger partial charge < -0.3 is 10.1 Å². The van der Waals surface area contributed by atoms with Crippen LogP contribution in [0.4, 0.5) is 4.79 Å². The van der Waals surface area contributed by atoms with Crippen molar-refractivity contribution in [3.05, 3.63) is 53.2 Å². The molecule has 1 saturated heterocycles. The lowest BCUT2D eigenvalue weighted by atomic mass is 10.1. The molecule has 0 aliphatic carbocycles. The zero-order valence-corrected chi connectivity index (χ0v) is 13.0. The number of aromatic nitrogens is 1. The third-order valence-electron chi connectivity index (χ3n) is 3.63. The Kier molecular flexibility index (Phi) is 3.97. The smallest absolute Gasteiger partial charge is 0.324 e. The van der Waals surface area contributed by atoms with Crippen LogP contribution in [0.2, 0.25) is 0 Å². The Morgan fingerprint density at radius 3 is 2.70 bits per heavy atom. The van der Waals surface area contributed by atoms with Gasteiger partial charge in [0.25, 0.3) is 0 Å². The van der Waals surface area contributed by atoms with E-state index in [1.807, 2.05) is 32.0 Å². The van der Waals surface area contributed by atoms with Crippen LogP contribution in [0.25, 0.3) is 0 Å². The van der Waals surface area contributed by atoms with Crippen LogP contribution in [-0.2, 0) is 11.3 Å². The largest absolute Gasteiger partial charge is 0.439 e. The van der Waals surface area contributed by atoms with E-state index in [4.69, 9.17) is 4.74 Å². The summed E-state index contributed by atoms with van der Waals surface area (Å²) in [5, 5.41) is 2.49. The van der Waals surface area contributed by atoms with Crippen LogP contribution < -0.4 is 10.1 Å². The minimum absolute atomic E-state index is 0.0556. The molecule has 0 unspecified atom stereocenters. The predicted molar refractivity (Wildman–Crippen MR) is 84.2 cm³/mol. The Labute approximate surface area is 134 Å². The van der Waals surface area contributed by atoms with E-state index in [-0.39, 0.29) is 25.0 Å². The number of hydrogen-bond donors (Lipinski definition) is 1. The van der Waals surface area contributed by atoms with Crippen LogP contribution in [0.5, 0.6) is 11.6 Å². The van der Waals surface area contributed by atoms with Gasteiger partial charge in [-0.3, -0.25) is 9.69 Å². The zero-order chi connectivity index (χ0) is 16.4. The first kappa shape index (κ1) is 15.0. The molecule has 23 heavy (non-hydrogen) atoms. The fourth-order valence-corrected chi connectivity index (χ4v) is 2.29. The molecule has 1 aliphatic rings. The highest BCUT2D eigenvalue weighted by Crippen LogP contribution is 2.24. The number of carbonyl (C=O) groups is 2. The standard InChI is InChI=1S/C17H17N3O3/c1-11-3-4-12(2)14(7-11)23-15-6-5-13(8-18-15)10-20-16(21)9-19-17(20)22/h3-8H,9-10H2,1-2H3,(H,19,22). The van der Waals surface area contributed by atoms with Gasteiger partial charge in [0.2, 0.25) is 11.8 Å². The van der Waals surface area contributed by atoms with Crippen LogP contribution in [0.3, 0.4) is 0 Å². The number of benzene rings is 1. The first-order chi connectivity index (χ1) is 11.0. The maximum Gasteiger partial charge on any atom is 0.324 e. The van der Waals surface area contributed by atoms with E-state index in [0.717, 1.165) is 22.4 Å². The van der Waals surface area contributed by atoms with E-state index in [1.165, 1.54) is 4.90 Å². The van der Waals surface area contributed by atoms with E-state index in [2.05, 4.69) is 10.3 Å². The highest BCUT2D eigenvalue weighted by molar-refractivity contribution is 6.01.